The maximum absolute atomic E-state index is 9.19. The van der Waals surface area contributed by atoms with Crippen LogP contribution < -0.4 is 10.6 Å². The number of hydrogen-bond donors (Lipinski definition) is 2. The Morgan fingerprint density at radius 2 is 1.83 bits per heavy atom. The molecule has 2 rings (SSSR count). The summed E-state index contributed by atoms with van der Waals surface area (Å²) >= 11 is 0. The van der Waals surface area contributed by atoms with E-state index in [4.69, 9.17) is 5.73 Å². The van der Waals surface area contributed by atoms with E-state index in [1.165, 1.54) is 36.1 Å². The van der Waals surface area contributed by atoms with Gasteiger partial charge in [0.2, 0.25) is 0 Å². The van der Waals surface area contributed by atoms with Crippen LogP contribution in [0.2, 0.25) is 0 Å². The smallest absolute Gasteiger partial charge is 0.0624 e. The molecule has 0 aliphatic carbocycles. The highest BCUT2D eigenvalue weighted by Gasteiger charge is 2.16. The highest BCUT2D eigenvalue weighted by atomic mass is 16.3. The third-order valence-electron chi connectivity index (χ3n) is 3.88. The summed E-state index contributed by atoms with van der Waals surface area (Å²) in [5.74, 6) is 0. The summed E-state index contributed by atoms with van der Waals surface area (Å²) in [6, 6.07) is 4.10. The summed E-state index contributed by atoms with van der Waals surface area (Å²) in [6.45, 7) is 6.54. The first kappa shape index (κ1) is 13.4. The highest BCUT2D eigenvalue weighted by molar-refractivity contribution is 5.57. The first-order valence-electron chi connectivity index (χ1n) is 6.86. The number of aliphatic hydroxyl groups excluding tert-OH is 1. The van der Waals surface area contributed by atoms with E-state index in [0.29, 0.717) is 0 Å². The summed E-state index contributed by atoms with van der Waals surface area (Å²) < 4.78 is 0. The Kier molecular flexibility index (Phi) is 4.25. The Hall–Kier alpha value is -1.06. The summed E-state index contributed by atoms with van der Waals surface area (Å²) in [4.78, 5) is 2.47. The number of nitrogens with zero attached hydrogens (tertiary/aromatic N) is 1. The zero-order valence-corrected chi connectivity index (χ0v) is 11.4. The van der Waals surface area contributed by atoms with Gasteiger partial charge < -0.3 is 15.7 Å². The van der Waals surface area contributed by atoms with Crippen LogP contribution in [-0.2, 0) is 0 Å². The van der Waals surface area contributed by atoms with E-state index in [2.05, 4.69) is 30.9 Å². The number of nitrogens with two attached hydrogens (primary N) is 1. The first-order chi connectivity index (χ1) is 8.63. The molecule has 1 heterocycles. The molecular weight excluding hydrogens is 224 g/mol. The van der Waals surface area contributed by atoms with Gasteiger partial charge in [0.15, 0.2) is 0 Å². The van der Waals surface area contributed by atoms with Crippen molar-refractivity contribution in [1.29, 1.82) is 0 Å². The van der Waals surface area contributed by atoms with Crippen LogP contribution in [0.25, 0.3) is 0 Å². The summed E-state index contributed by atoms with van der Waals surface area (Å²) in [5, 5.41) is 9.19. The van der Waals surface area contributed by atoms with Crippen molar-refractivity contribution in [3.63, 3.8) is 0 Å². The molecule has 0 spiro atoms. The maximum Gasteiger partial charge on any atom is 0.0624 e. The number of aryl methyl sites for hydroxylation is 2. The van der Waals surface area contributed by atoms with Gasteiger partial charge in [-0.2, -0.15) is 0 Å². The summed E-state index contributed by atoms with van der Waals surface area (Å²) in [6.07, 6.45) is 3.93. The van der Waals surface area contributed by atoms with Crippen molar-refractivity contribution in [2.24, 2.45) is 5.73 Å². The van der Waals surface area contributed by atoms with Crippen molar-refractivity contribution in [1.82, 2.24) is 0 Å². The van der Waals surface area contributed by atoms with Gasteiger partial charge in [-0.3, -0.25) is 0 Å². The molecule has 1 aliphatic heterocycles. The summed E-state index contributed by atoms with van der Waals surface area (Å²) in [7, 11) is 0. The van der Waals surface area contributed by atoms with E-state index in [1.807, 2.05) is 0 Å². The molecule has 1 saturated heterocycles. The number of benzene rings is 1. The number of anilines is 1. The monoisotopic (exact) mass is 248 g/mol. The Morgan fingerprint density at radius 3 is 2.44 bits per heavy atom. The maximum atomic E-state index is 9.19. The molecule has 3 heteroatoms. The lowest BCUT2D eigenvalue weighted by atomic mass is 9.97. The lowest BCUT2D eigenvalue weighted by molar-refractivity contribution is 0.267. The van der Waals surface area contributed by atoms with Crippen LogP contribution in [0.3, 0.4) is 0 Å². The minimum absolute atomic E-state index is 0.00331. The first-order valence-corrected chi connectivity index (χ1v) is 6.86. The highest BCUT2D eigenvalue weighted by Crippen LogP contribution is 2.28. The van der Waals surface area contributed by atoms with Gasteiger partial charge in [0, 0.05) is 18.8 Å². The van der Waals surface area contributed by atoms with Crippen LogP contribution in [-0.4, -0.2) is 24.8 Å². The lowest BCUT2D eigenvalue weighted by Crippen LogP contribution is -2.30. The molecule has 1 aromatic rings. The van der Waals surface area contributed by atoms with Gasteiger partial charge in [0.05, 0.1) is 12.6 Å². The largest absolute Gasteiger partial charge is 0.394 e. The van der Waals surface area contributed by atoms with E-state index in [-0.39, 0.29) is 12.6 Å². The number of rotatable bonds is 3. The van der Waals surface area contributed by atoms with Gasteiger partial charge in [-0.15, -0.1) is 0 Å². The molecule has 0 unspecified atom stereocenters. The zero-order valence-electron chi connectivity index (χ0n) is 11.4. The molecule has 0 aromatic heterocycles. The third kappa shape index (κ3) is 2.68. The average molecular weight is 248 g/mol. The molecule has 0 radical (unpaired) electrons. The van der Waals surface area contributed by atoms with Crippen molar-refractivity contribution < 1.29 is 5.11 Å². The van der Waals surface area contributed by atoms with Gasteiger partial charge in [-0.1, -0.05) is 6.07 Å². The number of hydrogen-bond acceptors (Lipinski definition) is 3. The van der Waals surface area contributed by atoms with Crippen molar-refractivity contribution in [3.8, 4) is 0 Å². The van der Waals surface area contributed by atoms with Crippen molar-refractivity contribution in [3.05, 3.63) is 28.8 Å². The molecule has 100 valence electrons. The van der Waals surface area contributed by atoms with E-state index in [9.17, 15) is 5.11 Å². The Morgan fingerprint density at radius 1 is 1.17 bits per heavy atom. The SMILES string of the molecule is Cc1cc(N2CCCCC2)c(C)cc1[C@H](N)CO. The fourth-order valence-corrected chi connectivity index (χ4v) is 2.80. The molecule has 18 heavy (non-hydrogen) atoms. The Labute approximate surface area is 110 Å². The molecule has 3 N–H and O–H groups in total. The van der Waals surface area contributed by atoms with E-state index >= 15 is 0 Å². The molecule has 0 bridgehead atoms. The second-order valence-electron chi connectivity index (χ2n) is 5.33. The van der Waals surface area contributed by atoms with Crippen molar-refractivity contribution >= 4 is 5.69 Å². The fraction of sp³-hybridized carbons (Fsp3) is 0.600. The van der Waals surface area contributed by atoms with Crippen LogP contribution in [0.15, 0.2) is 12.1 Å². The number of piperidine rings is 1. The molecule has 1 aromatic carbocycles. The molecule has 3 nitrogen and oxygen atoms in total. The van der Waals surface area contributed by atoms with Crippen LogP contribution >= 0.6 is 0 Å². The molecule has 0 amide bonds. The lowest BCUT2D eigenvalue weighted by Gasteiger charge is -2.31. The third-order valence-corrected chi connectivity index (χ3v) is 3.88. The molecular formula is C15H24N2O. The fourth-order valence-electron chi connectivity index (χ4n) is 2.80. The standard InChI is InChI=1S/C15H24N2O/c1-11-9-15(17-6-4-3-5-7-17)12(2)8-13(11)14(16)10-18/h8-9,14,18H,3-7,10,16H2,1-2H3/t14-/m1/s1. The van der Waals surface area contributed by atoms with Gasteiger partial charge in [0.1, 0.15) is 0 Å². The normalized spacial score (nSPS) is 17.9. The summed E-state index contributed by atoms with van der Waals surface area (Å²) in [5.41, 5.74) is 10.8. The molecule has 1 aliphatic rings. The second kappa shape index (κ2) is 5.72. The predicted octanol–water partition coefficient (Wildman–Crippen LogP) is 2.29. The van der Waals surface area contributed by atoms with Crippen LogP contribution in [0, 0.1) is 13.8 Å². The Bertz CT molecular complexity index is 411. The molecule has 1 atom stereocenters. The quantitative estimate of drug-likeness (QED) is 0.863. The average Bonchev–Trinajstić information content (AvgIpc) is 2.41. The van der Waals surface area contributed by atoms with Gasteiger partial charge in [-0.25, -0.2) is 0 Å². The van der Waals surface area contributed by atoms with Gasteiger partial charge in [-0.05, 0) is 55.9 Å². The molecule has 0 saturated carbocycles. The van der Waals surface area contributed by atoms with Gasteiger partial charge in [0.25, 0.3) is 0 Å². The van der Waals surface area contributed by atoms with E-state index < -0.39 is 0 Å². The minimum Gasteiger partial charge on any atom is -0.394 e. The van der Waals surface area contributed by atoms with Crippen molar-refractivity contribution in [2.75, 3.05) is 24.6 Å². The Balaban J connectivity index is 2.30. The predicted molar refractivity (Wildman–Crippen MR) is 76.0 cm³/mol. The van der Waals surface area contributed by atoms with Crippen LogP contribution in [0.1, 0.15) is 42.0 Å². The van der Waals surface area contributed by atoms with Crippen LogP contribution in [0.4, 0.5) is 5.69 Å². The van der Waals surface area contributed by atoms with E-state index in [1.54, 1.807) is 0 Å². The second-order valence-corrected chi connectivity index (χ2v) is 5.33. The minimum atomic E-state index is -0.265. The number of aliphatic hydroxyl groups is 1. The molecule has 1 fully saturated rings. The van der Waals surface area contributed by atoms with Crippen molar-refractivity contribution in [2.45, 2.75) is 39.2 Å². The van der Waals surface area contributed by atoms with E-state index in [0.717, 1.165) is 18.7 Å². The zero-order chi connectivity index (χ0) is 13.1. The van der Waals surface area contributed by atoms with Gasteiger partial charge >= 0.3 is 0 Å². The van der Waals surface area contributed by atoms with Crippen LogP contribution in [0.5, 0.6) is 0 Å². The topological polar surface area (TPSA) is 49.5 Å².